The van der Waals surface area contributed by atoms with Crippen molar-refractivity contribution in [3.05, 3.63) is 0 Å². The zero-order chi connectivity index (χ0) is 15.0. The van der Waals surface area contributed by atoms with Crippen LogP contribution < -0.4 is 5.73 Å². The Labute approximate surface area is 125 Å². The maximum Gasteiger partial charge on any atom is 0.222 e. The molecule has 0 aliphatic carbocycles. The first-order valence-corrected chi connectivity index (χ1v) is 8.46. The number of likely N-dealkylation sites (tertiary alicyclic amines) is 1. The highest BCUT2D eigenvalue weighted by Crippen LogP contribution is 2.27. The zero-order valence-corrected chi connectivity index (χ0v) is 13.8. The zero-order valence-electron chi connectivity index (χ0n) is 13.8. The normalized spacial score (nSPS) is 20.8. The monoisotopic (exact) mass is 282 g/mol. The lowest BCUT2D eigenvalue weighted by atomic mass is 9.84. The molecule has 0 bridgehead atoms. The molecule has 0 spiro atoms. The van der Waals surface area contributed by atoms with Crippen LogP contribution in [0, 0.1) is 11.3 Å². The molecule has 1 aliphatic heterocycles. The summed E-state index contributed by atoms with van der Waals surface area (Å²) in [4.78, 5) is 14.5. The standard InChI is InChI=1S/C17H34N2O/c1-4-6-15-7-5-13-19(14-9-15)16(20)8-10-17(2,3)11-12-18/h15H,4-14,18H2,1-3H3. The predicted molar refractivity (Wildman–Crippen MR) is 85.5 cm³/mol. The van der Waals surface area contributed by atoms with Gasteiger partial charge < -0.3 is 10.6 Å². The van der Waals surface area contributed by atoms with Gasteiger partial charge in [0.25, 0.3) is 0 Å². The average molecular weight is 282 g/mol. The molecule has 3 heteroatoms. The summed E-state index contributed by atoms with van der Waals surface area (Å²) in [5.74, 6) is 1.19. The summed E-state index contributed by atoms with van der Waals surface area (Å²) in [5, 5.41) is 0. The van der Waals surface area contributed by atoms with E-state index in [1.807, 2.05) is 0 Å². The maximum absolute atomic E-state index is 12.4. The lowest BCUT2D eigenvalue weighted by Gasteiger charge is -2.26. The summed E-state index contributed by atoms with van der Waals surface area (Å²) in [6, 6.07) is 0. The minimum atomic E-state index is 0.195. The Morgan fingerprint density at radius 1 is 1.25 bits per heavy atom. The van der Waals surface area contributed by atoms with Crippen LogP contribution >= 0.6 is 0 Å². The van der Waals surface area contributed by atoms with Gasteiger partial charge in [-0.05, 0) is 50.0 Å². The van der Waals surface area contributed by atoms with Gasteiger partial charge in [-0.2, -0.15) is 0 Å². The molecule has 1 amide bonds. The van der Waals surface area contributed by atoms with Crippen molar-refractivity contribution >= 4 is 5.91 Å². The van der Waals surface area contributed by atoms with Crippen molar-refractivity contribution in [1.29, 1.82) is 0 Å². The van der Waals surface area contributed by atoms with E-state index in [1.165, 1.54) is 32.1 Å². The highest BCUT2D eigenvalue weighted by atomic mass is 16.2. The van der Waals surface area contributed by atoms with Gasteiger partial charge in [0.05, 0.1) is 0 Å². The van der Waals surface area contributed by atoms with Crippen molar-refractivity contribution in [2.45, 2.75) is 72.1 Å². The van der Waals surface area contributed by atoms with E-state index in [2.05, 4.69) is 25.7 Å². The van der Waals surface area contributed by atoms with Crippen molar-refractivity contribution in [2.24, 2.45) is 17.1 Å². The summed E-state index contributed by atoms with van der Waals surface area (Å²) < 4.78 is 0. The van der Waals surface area contributed by atoms with Crippen LogP contribution in [-0.4, -0.2) is 30.4 Å². The van der Waals surface area contributed by atoms with Crippen molar-refractivity contribution < 1.29 is 4.79 Å². The van der Waals surface area contributed by atoms with Gasteiger partial charge in [0, 0.05) is 19.5 Å². The Balaban J connectivity index is 2.36. The van der Waals surface area contributed by atoms with E-state index in [4.69, 9.17) is 5.73 Å². The summed E-state index contributed by atoms with van der Waals surface area (Å²) in [5.41, 5.74) is 5.83. The maximum atomic E-state index is 12.4. The van der Waals surface area contributed by atoms with Crippen molar-refractivity contribution in [3.63, 3.8) is 0 Å². The predicted octanol–water partition coefficient (Wildman–Crippen LogP) is 3.57. The van der Waals surface area contributed by atoms with E-state index >= 15 is 0 Å². The molecule has 0 saturated carbocycles. The molecule has 0 aromatic carbocycles. The van der Waals surface area contributed by atoms with Gasteiger partial charge in [-0.1, -0.05) is 33.6 Å². The minimum absolute atomic E-state index is 0.195. The van der Waals surface area contributed by atoms with E-state index in [9.17, 15) is 4.79 Å². The quantitative estimate of drug-likeness (QED) is 0.776. The van der Waals surface area contributed by atoms with Gasteiger partial charge in [0.15, 0.2) is 0 Å². The van der Waals surface area contributed by atoms with Gasteiger partial charge in [0.2, 0.25) is 5.91 Å². The largest absolute Gasteiger partial charge is 0.343 e. The summed E-state index contributed by atoms with van der Waals surface area (Å²) in [6.07, 6.45) is 8.92. The molecule has 20 heavy (non-hydrogen) atoms. The average Bonchev–Trinajstić information content (AvgIpc) is 2.62. The first-order chi connectivity index (χ1) is 9.48. The van der Waals surface area contributed by atoms with Gasteiger partial charge in [-0.3, -0.25) is 4.79 Å². The number of rotatable bonds is 7. The number of hydrogen-bond donors (Lipinski definition) is 1. The van der Waals surface area contributed by atoms with Crippen molar-refractivity contribution in [2.75, 3.05) is 19.6 Å². The molecule has 2 N–H and O–H groups in total. The fraction of sp³-hybridized carbons (Fsp3) is 0.941. The molecule has 0 aromatic heterocycles. The number of hydrogen-bond acceptors (Lipinski definition) is 2. The lowest BCUT2D eigenvalue weighted by molar-refractivity contribution is -0.131. The minimum Gasteiger partial charge on any atom is -0.343 e. The molecule has 3 nitrogen and oxygen atoms in total. The van der Waals surface area contributed by atoms with Crippen LogP contribution in [0.2, 0.25) is 0 Å². The van der Waals surface area contributed by atoms with Crippen molar-refractivity contribution in [3.8, 4) is 0 Å². The lowest BCUT2D eigenvalue weighted by Crippen LogP contribution is -2.33. The summed E-state index contributed by atoms with van der Waals surface area (Å²) >= 11 is 0. The third-order valence-electron chi connectivity index (χ3n) is 4.73. The van der Waals surface area contributed by atoms with Crippen LogP contribution in [0.15, 0.2) is 0 Å². The first kappa shape index (κ1) is 17.5. The van der Waals surface area contributed by atoms with Crippen LogP contribution in [0.25, 0.3) is 0 Å². The number of nitrogens with zero attached hydrogens (tertiary/aromatic N) is 1. The molecule has 1 unspecified atom stereocenters. The molecule has 1 fully saturated rings. The van der Waals surface area contributed by atoms with Crippen LogP contribution in [0.5, 0.6) is 0 Å². The number of carbonyl (C=O) groups is 1. The fourth-order valence-corrected chi connectivity index (χ4v) is 3.23. The van der Waals surface area contributed by atoms with Gasteiger partial charge in [-0.25, -0.2) is 0 Å². The van der Waals surface area contributed by atoms with Crippen LogP contribution in [-0.2, 0) is 4.79 Å². The summed E-state index contributed by atoms with van der Waals surface area (Å²) in [6.45, 7) is 9.34. The van der Waals surface area contributed by atoms with E-state index in [1.54, 1.807) is 0 Å². The first-order valence-electron chi connectivity index (χ1n) is 8.46. The second-order valence-electron chi connectivity index (χ2n) is 7.17. The van der Waals surface area contributed by atoms with Crippen LogP contribution in [0.3, 0.4) is 0 Å². The van der Waals surface area contributed by atoms with Gasteiger partial charge >= 0.3 is 0 Å². The van der Waals surface area contributed by atoms with Gasteiger partial charge in [0.1, 0.15) is 0 Å². The van der Waals surface area contributed by atoms with E-state index in [0.717, 1.165) is 31.8 Å². The Kier molecular flexibility index (Phi) is 7.57. The van der Waals surface area contributed by atoms with Gasteiger partial charge in [-0.15, -0.1) is 0 Å². The molecule has 1 aliphatic rings. The van der Waals surface area contributed by atoms with E-state index in [-0.39, 0.29) is 5.41 Å². The topological polar surface area (TPSA) is 46.3 Å². The van der Waals surface area contributed by atoms with Crippen LogP contribution in [0.4, 0.5) is 0 Å². The molecule has 1 atom stereocenters. The third kappa shape index (κ3) is 6.25. The Morgan fingerprint density at radius 2 is 2.00 bits per heavy atom. The second-order valence-corrected chi connectivity index (χ2v) is 7.17. The number of nitrogens with two attached hydrogens (primary N) is 1. The third-order valence-corrected chi connectivity index (χ3v) is 4.73. The Bertz CT molecular complexity index is 289. The Hall–Kier alpha value is -0.570. The SMILES string of the molecule is CCCC1CCCN(C(=O)CCC(C)(C)CCN)CC1. The highest BCUT2D eigenvalue weighted by molar-refractivity contribution is 5.76. The Morgan fingerprint density at radius 3 is 2.65 bits per heavy atom. The smallest absolute Gasteiger partial charge is 0.222 e. The molecule has 0 aromatic rings. The van der Waals surface area contributed by atoms with Crippen molar-refractivity contribution in [1.82, 2.24) is 4.90 Å². The fourth-order valence-electron chi connectivity index (χ4n) is 3.23. The van der Waals surface area contributed by atoms with E-state index in [0.29, 0.717) is 18.9 Å². The molecule has 118 valence electrons. The second kappa shape index (κ2) is 8.66. The number of carbonyl (C=O) groups excluding carboxylic acids is 1. The van der Waals surface area contributed by atoms with E-state index < -0.39 is 0 Å². The molecule has 1 rings (SSSR count). The number of amides is 1. The highest BCUT2D eigenvalue weighted by Gasteiger charge is 2.23. The van der Waals surface area contributed by atoms with Crippen LogP contribution in [0.1, 0.15) is 72.1 Å². The molecule has 1 saturated heterocycles. The molecule has 1 heterocycles. The summed E-state index contributed by atoms with van der Waals surface area (Å²) in [7, 11) is 0. The molecule has 0 radical (unpaired) electrons. The molecular formula is C17H34N2O. The molecular weight excluding hydrogens is 248 g/mol.